The molecular weight excluding hydrogens is 408 g/mol. The van der Waals surface area contributed by atoms with Gasteiger partial charge in [0.1, 0.15) is 0 Å². The van der Waals surface area contributed by atoms with Crippen molar-refractivity contribution in [3.63, 3.8) is 0 Å². The summed E-state index contributed by atoms with van der Waals surface area (Å²) in [5.74, 6) is 1.21. The van der Waals surface area contributed by atoms with Crippen molar-refractivity contribution in [3.05, 3.63) is 0 Å². The van der Waals surface area contributed by atoms with Crippen LogP contribution in [0.3, 0.4) is 0 Å². The number of carboxylic acids is 1. The highest BCUT2D eigenvalue weighted by Gasteiger charge is 2.74. The number of hydrogen-bond donors (Lipinski definition) is 2. The number of carboxylic acid groups (broad SMARTS) is 1. The Balaban J connectivity index is 1.60. The molecule has 0 amide bonds. The van der Waals surface area contributed by atoms with Crippen LogP contribution in [0.5, 0.6) is 0 Å². The van der Waals surface area contributed by atoms with E-state index in [9.17, 15) is 15.0 Å². The minimum Gasteiger partial charge on any atom is -0.481 e. The molecule has 0 saturated heterocycles. The highest BCUT2D eigenvalue weighted by molar-refractivity contribution is 5.77. The summed E-state index contributed by atoms with van der Waals surface area (Å²) in [4.78, 5) is 13.5. The fraction of sp³-hybridized carbons (Fsp3) is 0.967. The molecule has 0 aliphatic heterocycles. The van der Waals surface area contributed by atoms with Gasteiger partial charge < -0.3 is 10.2 Å². The van der Waals surface area contributed by atoms with Crippen LogP contribution >= 0.6 is 0 Å². The molecule has 5 rings (SSSR count). The number of fused-ring (bicyclic) bond motifs is 7. The van der Waals surface area contributed by atoms with E-state index in [1.807, 2.05) is 0 Å². The van der Waals surface area contributed by atoms with Gasteiger partial charge in [-0.15, -0.1) is 0 Å². The predicted octanol–water partition coefficient (Wildman–Crippen LogP) is 7.31. The molecule has 0 aromatic carbocycles. The Morgan fingerprint density at radius 2 is 1.39 bits per heavy atom. The van der Waals surface area contributed by atoms with Gasteiger partial charge in [-0.2, -0.15) is 0 Å². The molecule has 0 spiro atoms. The highest BCUT2D eigenvalue weighted by atomic mass is 16.4. The lowest BCUT2D eigenvalue weighted by Crippen LogP contribution is -2.70. The zero-order valence-electron chi connectivity index (χ0n) is 22.5. The van der Waals surface area contributed by atoms with E-state index in [0.717, 1.165) is 51.4 Å². The summed E-state index contributed by atoms with van der Waals surface area (Å²) in [5, 5.41) is 21.9. The van der Waals surface area contributed by atoms with Crippen LogP contribution in [0.25, 0.3) is 0 Å². The van der Waals surface area contributed by atoms with Crippen LogP contribution in [0.1, 0.15) is 119 Å². The Kier molecular flexibility index (Phi) is 5.13. The summed E-state index contributed by atoms with van der Waals surface area (Å²) in [7, 11) is 0. The lowest BCUT2D eigenvalue weighted by Gasteiger charge is -2.74. The van der Waals surface area contributed by atoms with Crippen molar-refractivity contribution >= 4 is 5.97 Å². The largest absolute Gasteiger partial charge is 0.481 e. The Morgan fingerprint density at radius 1 is 0.727 bits per heavy atom. The predicted molar refractivity (Wildman–Crippen MR) is 133 cm³/mol. The fourth-order valence-corrected chi connectivity index (χ4v) is 11.4. The molecule has 0 aromatic heterocycles. The molecule has 0 radical (unpaired) electrons. The first kappa shape index (κ1) is 24.1. The summed E-state index contributed by atoms with van der Waals surface area (Å²) in [6.07, 6.45) is 11.8. The maximum atomic E-state index is 13.5. The third kappa shape index (κ3) is 2.87. The van der Waals surface area contributed by atoms with Crippen LogP contribution in [-0.2, 0) is 4.79 Å². The van der Waals surface area contributed by atoms with E-state index in [2.05, 4.69) is 48.5 Å². The number of aliphatic hydroxyl groups is 1. The second-order valence-electron chi connectivity index (χ2n) is 15.4. The first-order valence-corrected chi connectivity index (χ1v) is 14.1. The lowest BCUT2D eigenvalue weighted by molar-refractivity contribution is -0.267. The van der Waals surface area contributed by atoms with Gasteiger partial charge in [-0.3, -0.25) is 4.79 Å². The molecule has 5 aliphatic rings. The number of aliphatic hydroxyl groups excluding tert-OH is 1. The summed E-state index contributed by atoms with van der Waals surface area (Å²) in [6.45, 7) is 16.9. The van der Waals surface area contributed by atoms with Gasteiger partial charge in [0.15, 0.2) is 0 Å². The van der Waals surface area contributed by atoms with Crippen LogP contribution in [0.2, 0.25) is 0 Å². The Hall–Kier alpha value is -0.570. The van der Waals surface area contributed by atoms with E-state index in [4.69, 9.17) is 0 Å². The molecule has 5 aliphatic carbocycles. The van der Waals surface area contributed by atoms with Crippen molar-refractivity contribution in [2.75, 3.05) is 0 Å². The second-order valence-corrected chi connectivity index (χ2v) is 15.4. The molecule has 33 heavy (non-hydrogen) atoms. The Bertz CT molecular complexity index is 834. The van der Waals surface area contributed by atoms with Gasteiger partial charge in [0, 0.05) is 0 Å². The fourth-order valence-electron chi connectivity index (χ4n) is 11.4. The Labute approximate surface area is 202 Å². The van der Waals surface area contributed by atoms with Crippen LogP contribution in [0.4, 0.5) is 0 Å². The van der Waals surface area contributed by atoms with Crippen molar-refractivity contribution in [3.8, 4) is 0 Å². The first-order valence-electron chi connectivity index (χ1n) is 14.1. The van der Waals surface area contributed by atoms with Gasteiger partial charge in [0.2, 0.25) is 0 Å². The van der Waals surface area contributed by atoms with Gasteiger partial charge in [-0.1, -0.05) is 48.5 Å². The molecule has 3 heteroatoms. The molecule has 3 nitrogen and oxygen atoms in total. The molecule has 2 N–H and O–H groups in total. The summed E-state index contributed by atoms with van der Waals surface area (Å²) >= 11 is 0. The summed E-state index contributed by atoms with van der Waals surface area (Å²) < 4.78 is 0. The van der Waals surface area contributed by atoms with Gasteiger partial charge in [-0.25, -0.2) is 0 Å². The standard InChI is InChI=1S/C30H50O3/c1-19-20(31)8-9-21-27(19,5)11-10-22-28(21,6)15-17-30(24(32)33)23-18-25(2,3)12-13-26(23,4)14-16-29(22,30)7/h19-23,31H,8-18H2,1-7H3,(H,32,33). The van der Waals surface area contributed by atoms with Crippen LogP contribution < -0.4 is 0 Å². The van der Waals surface area contributed by atoms with E-state index >= 15 is 0 Å². The summed E-state index contributed by atoms with van der Waals surface area (Å²) in [6, 6.07) is 0. The molecule has 5 saturated carbocycles. The smallest absolute Gasteiger partial charge is 0.310 e. The summed E-state index contributed by atoms with van der Waals surface area (Å²) in [5.41, 5.74) is 0.0600. The van der Waals surface area contributed by atoms with E-state index in [1.54, 1.807) is 0 Å². The van der Waals surface area contributed by atoms with Crippen molar-refractivity contribution in [1.82, 2.24) is 0 Å². The van der Waals surface area contributed by atoms with Gasteiger partial charge in [-0.05, 0) is 121 Å². The zero-order chi connectivity index (χ0) is 24.2. The zero-order valence-corrected chi connectivity index (χ0v) is 22.5. The molecule has 188 valence electrons. The third-order valence-corrected chi connectivity index (χ3v) is 13.7. The third-order valence-electron chi connectivity index (χ3n) is 13.7. The van der Waals surface area contributed by atoms with E-state index in [0.29, 0.717) is 17.8 Å². The minimum absolute atomic E-state index is 0.135. The normalized spacial score (nSPS) is 57.8. The van der Waals surface area contributed by atoms with Crippen molar-refractivity contribution in [2.45, 2.75) is 125 Å². The maximum absolute atomic E-state index is 13.5. The van der Waals surface area contributed by atoms with Crippen LogP contribution in [0, 0.1) is 56.2 Å². The minimum atomic E-state index is -0.588. The van der Waals surface area contributed by atoms with Crippen LogP contribution in [-0.4, -0.2) is 22.3 Å². The van der Waals surface area contributed by atoms with E-state index < -0.39 is 11.4 Å². The molecule has 0 aromatic rings. The van der Waals surface area contributed by atoms with Crippen molar-refractivity contribution < 1.29 is 15.0 Å². The molecule has 0 heterocycles. The first-order chi connectivity index (χ1) is 15.2. The van der Waals surface area contributed by atoms with Gasteiger partial charge >= 0.3 is 5.97 Å². The molecule has 10 unspecified atom stereocenters. The lowest BCUT2D eigenvalue weighted by atomic mass is 9.29. The average molecular weight is 459 g/mol. The molecule has 0 bridgehead atoms. The highest BCUT2D eigenvalue weighted by Crippen LogP contribution is 2.78. The van der Waals surface area contributed by atoms with E-state index in [1.165, 1.54) is 19.3 Å². The van der Waals surface area contributed by atoms with E-state index in [-0.39, 0.29) is 39.1 Å². The monoisotopic (exact) mass is 458 g/mol. The Morgan fingerprint density at radius 3 is 2.06 bits per heavy atom. The van der Waals surface area contributed by atoms with Crippen LogP contribution in [0.15, 0.2) is 0 Å². The number of rotatable bonds is 1. The average Bonchev–Trinajstić information content (AvgIpc) is 2.72. The SMILES string of the molecule is CC1C(O)CCC2C1(C)CCC1C2(C)CCC2(C(=O)O)C3CC(C)(C)CCC3(C)CCC12C. The number of hydrogen-bond acceptors (Lipinski definition) is 2. The number of carbonyl (C=O) groups is 1. The maximum Gasteiger partial charge on any atom is 0.310 e. The molecular formula is C30H50O3. The van der Waals surface area contributed by atoms with Gasteiger partial charge in [0.05, 0.1) is 11.5 Å². The topological polar surface area (TPSA) is 57.5 Å². The second kappa shape index (κ2) is 7.01. The molecule has 10 atom stereocenters. The molecule has 5 fully saturated rings. The van der Waals surface area contributed by atoms with Crippen molar-refractivity contribution in [2.24, 2.45) is 56.2 Å². The van der Waals surface area contributed by atoms with Gasteiger partial charge in [0.25, 0.3) is 0 Å². The quantitative estimate of drug-likeness (QED) is 0.433. The van der Waals surface area contributed by atoms with Crippen molar-refractivity contribution in [1.29, 1.82) is 0 Å². The number of aliphatic carboxylic acids is 1.